The number of aryl methyl sites for hydroxylation is 1. The Bertz CT molecular complexity index is 1160. The average Bonchev–Trinajstić information content (AvgIpc) is 2.91. The number of nitrogens with one attached hydrogen (secondary N) is 2. The topological polar surface area (TPSA) is 128 Å². The highest BCUT2D eigenvalue weighted by atomic mass is 16.6. The van der Waals surface area contributed by atoms with Crippen LogP contribution in [0.25, 0.3) is 0 Å². The molecular formula is C33H49N3O6. The molecule has 0 aliphatic carbocycles. The summed E-state index contributed by atoms with van der Waals surface area (Å²) in [5, 5.41) is 25.7. The van der Waals surface area contributed by atoms with Crippen LogP contribution in [0, 0.1) is 6.92 Å². The van der Waals surface area contributed by atoms with Crippen LogP contribution in [0.5, 0.6) is 11.5 Å². The van der Waals surface area contributed by atoms with Gasteiger partial charge in [0.15, 0.2) is 0 Å². The van der Waals surface area contributed by atoms with Crippen molar-refractivity contribution in [2.24, 2.45) is 0 Å². The van der Waals surface area contributed by atoms with Gasteiger partial charge in [0.1, 0.15) is 29.2 Å². The van der Waals surface area contributed by atoms with Crippen LogP contribution in [0.1, 0.15) is 95.9 Å². The zero-order valence-corrected chi connectivity index (χ0v) is 26.0. The lowest BCUT2D eigenvalue weighted by Crippen LogP contribution is -2.54. The van der Waals surface area contributed by atoms with Crippen LogP contribution in [-0.2, 0) is 20.7 Å². The summed E-state index contributed by atoms with van der Waals surface area (Å²) in [4.78, 5) is 42.7. The second-order valence-electron chi connectivity index (χ2n) is 11.8. The largest absolute Gasteiger partial charge is 0.508 e. The quantitative estimate of drug-likeness (QED) is 0.193. The van der Waals surface area contributed by atoms with Crippen molar-refractivity contribution in [2.45, 2.75) is 104 Å². The molecule has 2 aromatic rings. The van der Waals surface area contributed by atoms with Gasteiger partial charge in [0, 0.05) is 19.5 Å². The number of amides is 3. The fraction of sp³-hybridized carbons (Fsp3) is 0.545. The Kier molecular flexibility index (Phi) is 13.6. The van der Waals surface area contributed by atoms with Crippen LogP contribution < -0.4 is 10.6 Å². The molecule has 0 bridgehead atoms. The highest BCUT2D eigenvalue weighted by molar-refractivity contribution is 5.92. The Morgan fingerprint density at radius 3 is 2.19 bits per heavy atom. The number of phenolic OH excluding ortho intramolecular Hbond substituents is 2. The van der Waals surface area contributed by atoms with E-state index in [1.54, 1.807) is 56.9 Å². The summed E-state index contributed by atoms with van der Waals surface area (Å²) < 4.78 is 5.49. The lowest BCUT2D eigenvalue weighted by molar-refractivity contribution is -0.142. The third-order valence-electron chi connectivity index (χ3n) is 6.83. The van der Waals surface area contributed by atoms with Gasteiger partial charge in [0.25, 0.3) is 0 Å². The minimum Gasteiger partial charge on any atom is -0.508 e. The zero-order valence-electron chi connectivity index (χ0n) is 26.0. The van der Waals surface area contributed by atoms with Gasteiger partial charge in [-0.1, -0.05) is 57.7 Å². The predicted octanol–water partition coefficient (Wildman–Crippen LogP) is 5.91. The summed E-state index contributed by atoms with van der Waals surface area (Å²) in [6.45, 7) is 11.9. The third-order valence-corrected chi connectivity index (χ3v) is 6.83. The fourth-order valence-electron chi connectivity index (χ4n) is 4.60. The van der Waals surface area contributed by atoms with Crippen molar-refractivity contribution in [3.8, 4) is 11.5 Å². The molecule has 0 heterocycles. The first kappa shape index (κ1) is 34.5. The number of benzene rings is 2. The van der Waals surface area contributed by atoms with Crippen molar-refractivity contribution in [3.63, 3.8) is 0 Å². The second-order valence-corrected chi connectivity index (χ2v) is 11.8. The highest BCUT2D eigenvalue weighted by Gasteiger charge is 2.36. The Morgan fingerprint density at radius 2 is 1.60 bits per heavy atom. The van der Waals surface area contributed by atoms with Crippen molar-refractivity contribution >= 4 is 17.9 Å². The van der Waals surface area contributed by atoms with E-state index in [9.17, 15) is 24.6 Å². The molecule has 2 unspecified atom stereocenters. The molecule has 2 aromatic carbocycles. The van der Waals surface area contributed by atoms with Crippen molar-refractivity contribution in [3.05, 3.63) is 59.2 Å². The second kappa shape index (κ2) is 16.6. The minimum absolute atomic E-state index is 0.0887. The van der Waals surface area contributed by atoms with E-state index in [2.05, 4.69) is 17.6 Å². The molecule has 0 saturated carbocycles. The number of unbranched alkanes of at least 4 members (excludes halogenated alkanes) is 4. The summed E-state index contributed by atoms with van der Waals surface area (Å²) in [6.07, 6.45) is 4.63. The van der Waals surface area contributed by atoms with E-state index in [1.165, 1.54) is 18.2 Å². The summed E-state index contributed by atoms with van der Waals surface area (Å²) in [5.41, 5.74) is 1.10. The van der Waals surface area contributed by atoms with Gasteiger partial charge < -0.3 is 30.5 Å². The monoisotopic (exact) mass is 583 g/mol. The molecule has 2 atom stereocenters. The van der Waals surface area contributed by atoms with Gasteiger partial charge >= 0.3 is 6.09 Å². The molecule has 9 heteroatoms. The maximum atomic E-state index is 14.5. The summed E-state index contributed by atoms with van der Waals surface area (Å²) >= 11 is 0. The zero-order chi connectivity index (χ0) is 31.3. The number of aromatic hydroxyl groups is 2. The SMILES string of the molecule is CCCCCCN(C(=O)C(Cc1ccc(O)cc1)NC(=O)OC(C)(C)C)C(C(=O)NCCCC)c1ccc(O)c(C)c1. The Balaban J connectivity index is 2.57. The molecule has 2 rings (SSSR count). The van der Waals surface area contributed by atoms with E-state index in [1.807, 2.05) is 6.92 Å². The molecule has 0 aromatic heterocycles. The Hall–Kier alpha value is -3.75. The molecule has 0 saturated heterocycles. The molecule has 9 nitrogen and oxygen atoms in total. The number of alkyl carbamates (subject to hydrolysis) is 1. The first-order chi connectivity index (χ1) is 19.9. The minimum atomic E-state index is -1.04. The number of carbonyl (C=O) groups excluding carboxylic acids is 3. The van der Waals surface area contributed by atoms with Crippen LogP contribution >= 0.6 is 0 Å². The van der Waals surface area contributed by atoms with Crippen LogP contribution in [0.4, 0.5) is 4.79 Å². The summed E-state index contributed by atoms with van der Waals surface area (Å²) in [7, 11) is 0. The Labute approximate surface area is 250 Å². The molecular weight excluding hydrogens is 534 g/mol. The number of ether oxygens (including phenoxy) is 1. The standard InChI is InChI=1S/C33H49N3O6/c1-7-9-11-12-20-36(29(30(39)34-19-10-8-2)25-15-18-28(38)23(3)21-25)31(40)27(35-32(41)42-33(4,5)6)22-24-13-16-26(37)17-14-24/h13-18,21,27,29,37-38H,7-12,19-20,22H2,1-6H3,(H,34,39)(H,35,41). The number of nitrogens with zero attached hydrogens (tertiary/aromatic N) is 1. The first-order valence-corrected chi connectivity index (χ1v) is 15.0. The van der Waals surface area contributed by atoms with Crippen molar-refractivity contribution < 1.29 is 29.3 Å². The van der Waals surface area contributed by atoms with Gasteiger partial charge in [-0.05, 0) is 81.5 Å². The molecule has 4 N–H and O–H groups in total. The van der Waals surface area contributed by atoms with Crippen molar-refractivity contribution in [2.75, 3.05) is 13.1 Å². The Morgan fingerprint density at radius 1 is 0.929 bits per heavy atom. The van der Waals surface area contributed by atoms with Crippen molar-refractivity contribution in [1.29, 1.82) is 0 Å². The smallest absolute Gasteiger partial charge is 0.408 e. The molecule has 0 aliphatic heterocycles. The lowest BCUT2D eigenvalue weighted by Gasteiger charge is -2.35. The maximum absolute atomic E-state index is 14.5. The number of phenols is 2. The van der Waals surface area contributed by atoms with E-state index in [4.69, 9.17) is 4.74 Å². The lowest BCUT2D eigenvalue weighted by atomic mass is 9.98. The number of carbonyl (C=O) groups is 3. The summed E-state index contributed by atoms with van der Waals surface area (Å²) in [5.74, 6) is -0.558. The molecule has 0 fully saturated rings. The molecule has 0 aliphatic rings. The molecule has 0 spiro atoms. The first-order valence-electron chi connectivity index (χ1n) is 15.0. The van der Waals surface area contributed by atoms with Crippen LogP contribution in [0.2, 0.25) is 0 Å². The van der Waals surface area contributed by atoms with Crippen molar-refractivity contribution in [1.82, 2.24) is 15.5 Å². The van der Waals surface area contributed by atoms with Gasteiger partial charge in [-0.3, -0.25) is 9.59 Å². The van der Waals surface area contributed by atoms with Gasteiger partial charge in [0.2, 0.25) is 11.8 Å². The maximum Gasteiger partial charge on any atom is 0.408 e. The van der Waals surface area contributed by atoms with E-state index < -0.39 is 29.7 Å². The number of rotatable bonds is 15. The van der Waals surface area contributed by atoms with E-state index in [0.717, 1.165) is 37.7 Å². The third kappa shape index (κ3) is 11.3. The van der Waals surface area contributed by atoms with Crippen LogP contribution in [-0.4, -0.2) is 57.8 Å². The van der Waals surface area contributed by atoms with Gasteiger partial charge in [0.05, 0.1) is 0 Å². The highest BCUT2D eigenvalue weighted by Crippen LogP contribution is 2.28. The molecule has 3 amide bonds. The van der Waals surface area contributed by atoms with E-state index in [0.29, 0.717) is 30.6 Å². The van der Waals surface area contributed by atoms with E-state index >= 15 is 0 Å². The van der Waals surface area contributed by atoms with Gasteiger partial charge in [-0.2, -0.15) is 0 Å². The average molecular weight is 584 g/mol. The normalized spacial score (nSPS) is 12.7. The number of hydrogen-bond donors (Lipinski definition) is 4. The van der Waals surface area contributed by atoms with Gasteiger partial charge in [-0.15, -0.1) is 0 Å². The van der Waals surface area contributed by atoms with Gasteiger partial charge in [-0.25, -0.2) is 4.79 Å². The molecule has 0 radical (unpaired) electrons. The van der Waals surface area contributed by atoms with Crippen LogP contribution in [0.3, 0.4) is 0 Å². The predicted molar refractivity (Wildman–Crippen MR) is 164 cm³/mol. The summed E-state index contributed by atoms with van der Waals surface area (Å²) in [6, 6.07) is 9.33. The van der Waals surface area contributed by atoms with E-state index in [-0.39, 0.29) is 23.8 Å². The fourth-order valence-corrected chi connectivity index (χ4v) is 4.60. The molecule has 42 heavy (non-hydrogen) atoms. The van der Waals surface area contributed by atoms with Crippen LogP contribution in [0.15, 0.2) is 42.5 Å². The molecule has 232 valence electrons. The number of hydrogen-bond acceptors (Lipinski definition) is 6.